The van der Waals surface area contributed by atoms with Crippen molar-refractivity contribution in [3.05, 3.63) is 95.3 Å². The average molecular weight is 493 g/mol. The van der Waals surface area contributed by atoms with Crippen molar-refractivity contribution in [2.24, 2.45) is 5.92 Å². The quantitative estimate of drug-likeness (QED) is 0.338. The molecule has 0 saturated carbocycles. The number of imidazole rings is 1. The lowest BCUT2D eigenvalue weighted by Crippen LogP contribution is -2.33. The molecule has 1 aliphatic heterocycles. The molecule has 0 unspecified atom stereocenters. The van der Waals surface area contributed by atoms with Crippen LogP contribution < -0.4 is 10.6 Å². The lowest BCUT2D eigenvalue weighted by molar-refractivity contribution is -0.144. The van der Waals surface area contributed by atoms with Crippen LogP contribution in [0.4, 0.5) is 18.9 Å². The minimum absolute atomic E-state index is 0.105. The first-order chi connectivity index (χ1) is 17.3. The first-order valence-electron chi connectivity index (χ1n) is 11.6. The van der Waals surface area contributed by atoms with Crippen molar-refractivity contribution in [1.82, 2.24) is 15.3 Å². The molecule has 0 aliphatic carbocycles. The third-order valence-electron chi connectivity index (χ3n) is 6.38. The van der Waals surface area contributed by atoms with Crippen LogP contribution in [-0.2, 0) is 22.2 Å². The van der Waals surface area contributed by atoms with Gasteiger partial charge in [-0.15, -0.1) is 0 Å². The molecule has 5 rings (SSSR count). The minimum Gasteiger partial charge on any atom is -0.345 e. The molecule has 0 radical (unpaired) electrons. The highest BCUT2D eigenvalue weighted by Gasteiger charge is 2.35. The number of amides is 2. The number of aromatic nitrogens is 2. The second-order valence-corrected chi connectivity index (χ2v) is 8.86. The van der Waals surface area contributed by atoms with Crippen molar-refractivity contribution in [3.63, 3.8) is 0 Å². The van der Waals surface area contributed by atoms with Crippen LogP contribution in [0.25, 0.3) is 11.0 Å². The maximum Gasteiger partial charge on any atom is 0.449 e. The van der Waals surface area contributed by atoms with Crippen molar-refractivity contribution in [2.75, 3.05) is 5.32 Å². The fraction of sp³-hybridized carbons (Fsp3) is 0.222. The molecule has 36 heavy (non-hydrogen) atoms. The largest absolute Gasteiger partial charge is 0.449 e. The summed E-state index contributed by atoms with van der Waals surface area (Å²) in [5.41, 5.74) is 3.65. The maximum atomic E-state index is 13.1. The first-order valence-corrected chi connectivity index (χ1v) is 11.6. The monoisotopic (exact) mass is 492 g/mol. The third kappa shape index (κ3) is 4.95. The Balaban J connectivity index is 1.34. The number of para-hydroxylation sites is 1. The fourth-order valence-electron chi connectivity index (χ4n) is 4.53. The molecule has 0 fully saturated rings. The number of benzene rings is 3. The van der Waals surface area contributed by atoms with Gasteiger partial charge in [-0.1, -0.05) is 54.6 Å². The first kappa shape index (κ1) is 23.6. The number of H-pyrrole nitrogens is 1. The number of carbonyl (C=O) groups is 2. The Kier molecular flexibility index (Phi) is 6.22. The summed E-state index contributed by atoms with van der Waals surface area (Å²) in [4.78, 5) is 31.4. The van der Waals surface area contributed by atoms with Gasteiger partial charge in [-0.3, -0.25) is 9.59 Å². The zero-order valence-electron chi connectivity index (χ0n) is 19.1. The number of nitrogens with zero attached hydrogens (tertiary/aromatic N) is 1. The molecule has 0 spiro atoms. The molecule has 2 atom stereocenters. The summed E-state index contributed by atoms with van der Waals surface area (Å²) in [7, 11) is 0. The Morgan fingerprint density at radius 3 is 2.56 bits per heavy atom. The minimum atomic E-state index is -4.59. The topological polar surface area (TPSA) is 86.9 Å². The van der Waals surface area contributed by atoms with E-state index < -0.39 is 18.0 Å². The van der Waals surface area contributed by atoms with Crippen LogP contribution in [0.15, 0.2) is 72.8 Å². The van der Waals surface area contributed by atoms with Gasteiger partial charge in [-0.2, -0.15) is 13.2 Å². The second-order valence-electron chi connectivity index (χ2n) is 8.86. The number of alkyl halides is 3. The van der Waals surface area contributed by atoms with Crippen molar-refractivity contribution < 1.29 is 22.8 Å². The molecule has 6 nitrogen and oxygen atoms in total. The number of hydrogen-bond acceptors (Lipinski definition) is 3. The number of halogens is 3. The normalized spacial score (nSPS) is 16.3. The predicted octanol–water partition coefficient (Wildman–Crippen LogP) is 5.38. The Hall–Kier alpha value is -4.14. The Morgan fingerprint density at radius 1 is 1.03 bits per heavy atom. The van der Waals surface area contributed by atoms with Gasteiger partial charge in [-0.05, 0) is 47.7 Å². The Labute approximate surface area is 204 Å². The van der Waals surface area contributed by atoms with E-state index in [2.05, 4.69) is 20.6 Å². The van der Waals surface area contributed by atoms with E-state index in [1.54, 1.807) is 12.1 Å². The molecule has 3 N–H and O–H groups in total. The molecule has 3 aromatic carbocycles. The van der Waals surface area contributed by atoms with Gasteiger partial charge in [0.1, 0.15) is 0 Å². The molecule has 1 aliphatic rings. The van der Waals surface area contributed by atoms with Gasteiger partial charge in [0, 0.05) is 18.0 Å². The van der Waals surface area contributed by atoms with E-state index in [-0.39, 0.29) is 35.2 Å². The molecule has 0 saturated heterocycles. The van der Waals surface area contributed by atoms with Crippen molar-refractivity contribution >= 4 is 28.5 Å². The van der Waals surface area contributed by atoms with Crippen molar-refractivity contribution in [2.45, 2.75) is 31.5 Å². The van der Waals surface area contributed by atoms with E-state index in [0.717, 1.165) is 16.8 Å². The number of rotatable bonds is 6. The van der Waals surface area contributed by atoms with Gasteiger partial charge in [0.25, 0.3) is 0 Å². The number of carbonyl (C=O) groups excluding carboxylic acids is 2. The smallest absolute Gasteiger partial charge is 0.345 e. The van der Waals surface area contributed by atoms with Crippen molar-refractivity contribution in [3.8, 4) is 0 Å². The lowest BCUT2D eigenvalue weighted by atomic mass is 9.89. The lowest BCUT2D eigenvalue weighted by Gasteiger charge is -2.25. The highest BCUT2D eigenvalue weighted by molar-refractivity contribution is 5.96. The molecule has 1 aromatic heterocycles. The van der Waals surface area contributed by atoms with Gasteiger partial charge in [0.05, 0.1) is 17.1 Å². The summed E-state index contributed by atoms with van der Waals surface area (Å²) in [6.07, 6.45) is -3.51. The molecule has 0 bridgehead atoms. The number of anilines is 1. The van der Waals surface area contributed by atoms with Gasteiger partial charge in [-0.25, -0.2) is 4.98 Å². The SMILES string of the molecule is O=C(CC[C@@H]1Cc2ccccc2NC1=O)N[C@H](c1ccccc1)c1ccc2nc(C(F)(F)F)[nH]c2c1. The third-order valence-corrected chi connectivity index (χ3v) is 6.38. The summed E-state index contributed by atoms with van der Waals surface area (Å²) in [6.45, 7) is 0. The van der Waals surface area contributed by atoms with E-state index in [0.29, 0.717) is 18.4 Å². The van der Waals surface area contributed by atoms with Gasteiger partial charge < -0.3 is 15.6 Å². The molecular formula is C27H23F3N4O2. The standard InChI is InChI=1S/C27H23F3N4O2/c28-27(29,30)26-32-21-12-10-18(15-22(21)33-26)24(16-6-2-1-3-7-16)34-23(35)13-11-19-14-17-8-4-5-9-20(17)31-25(19)36/h1-10,12,15,19,24H,11,13-14H2,(H,31,36)(H,32,33)(H,34,35)/t19-,24-/m1/s1. The maximum absolute atomic E-state index is 13.1. The fourth-order valence-corrected chi connectivity index (χ4v) is 4.53. The van der Waals surface area contributed by atoms with E-state index in [1.807, 2.05) is 54.6 Å². The summed E-state index contributed by atoms with van der Waals surface area (Å²) < 4.78 is 39.3. The van der Waals surface area contributed by atoms with Crippen LogP contribution in [0, 0.1) is 5.92 Å². The molecule has 2 amide bonds. The van der Waals surface area contributed by atoms with Gasteiger partial charge >= 0.3 is 6.18 Å². The summed E-state index contributed by atoms with van der Waals surface area (Å²) in [5, 5.41) is 5.89. The second kappa shape index (κ2) is 9.49. The number of nitrogens with one attached hydrogen (secondary N) is 3. The van der Waals surface area contributed by atoms with Crippen LogP contribution >= 0.6 is 0 Å². The van der Waals surface area contributed by atoms with Crippen LogP contribution in [0.1, 0.15) is 41.4 Å². The Bertz CT molecular complexity index is 1420. The van der Waals surface area contributed by atoms with E-state index >= 15 is 0 Å². The summed E-state index contributed by atoms with van der Waals surface area (Å²) in [5.74, 6) is -1.74. The molecule has 9 heteroatoms. The van der Waals surface area contributed by atoms with Crippen LogP contribution in [0.3, 0.4) is 0 Å². The molecule has 4 aromatic rings. The van der Waals surface area contributed by atoms with E-state index in [4.69, 9.17) is 0 Å². The number of aromatic amines is 1. The number of hydrogen-bond donors (Lipinski definition) is 3. The summed E-state index contributed by atoms with van der Waals surface area (Å²) >= 11 is 0. The van der Waals surface area contributed by atoms with E-state index in [1.165, 1.54) is 6.07 Å². The Morgan fingerprint density at radius 2 is 1.78 bits per heavy atom. The van der Waals surface area contributed by atoms with E-state index in [9.17, 15) is 22.8 Å². The average Bonchev–Trinajstić information content (AvgIpc) is 3.31. The highest BCUT2D eigenvalue weighted by atomic mass is 19.4. The predicted molar refractivity (Wildman–Crippen MR) is 129 cm³/mol. The highest BCUT2D eigenvalue weighted by Crippen LogP contribution is 2.31. The summed E-state index contributed by atoms with van der Waals surface area (Å²) in [6, 6.07) is 20.9. The van der Waals surface area contributed by atoms with Crippen LogP contribution in [-0.4, -0.2) is 21.8 Å². The molecular weight excluding hydrogens is 469 g/mol. The molecule has 184 valence electrons. The van der Waals surface area contributed by atoms with Gasteiger partial charge in [0.2, 0.25) is 17.6 Å². The van der Waals surface area contributed by atoms with Crippen LogP contribution in [0.2, 0.25) is 0 Å². The number of fused-ring (bicyclic) bond motifs is 2. The molecule has 2 heterocycles. The van der Waals surface area contributed by atoms with Gasteiger partial charge in [0.15, 0.2) is 0 Å². The zero-order chi connectivity index (χ0) is 25.3. The van der Waals surface area contributed by atoms with Crippen molar-refractivity contribution in [1.29, 1.82) is 0 Å². The van der Waals surface area contributed by atoms with Crippen LogP contribution in [0.5, 0.6) is 0 Å². The zero-order valence-corrected chi connectivity index (χ0v) is 19.1.